The molecule has 1 aromatic carbocycles. The quantitative estimate of drug-likeness (QED) is 0.789. The molecular formula is C14H21NOS. The fourth-order valence-corrected chi connectivity index (χ4v) is 3.48. The third kappa shape index (κ3) is 3.73. The summed E-state index contributed by atoms with van der Waals surface area (Å²) in [5.41, 5.74) is 0.125. The Hall–Kier alpha value is -0.510. The van der Waals surface area contributed by atoms with Crippen molar-refractivity contribution in [1.82, 2.24) is 5.32 Å². The molecule has 0 aliphatic carbocycles. The molecule has 0 amide bonds. The molecule has 0 aromatic heterocycles. The monoisotopic (exact) mass is 251 g/mol. The van der Waals surface area contributed by atoms with Crippen LogP contribution in [-0.4, -0.2) is 30.6 Å². The van der Waals surface area contributed by atoms with Crippen LogP contribution in [0.15, 0.2) is 35.2 Å². The van der Waals surface area contributed by atoms with Crippen LogP contribution in [0.2, 0.25) is 0 Å². The summed E-state index contributed by atoms with van der Waals surface area (Å²) in [7, 11) is 0. The Morgan fingerprint density at radius 2 is 2.12 bits per heavy atom. The summed E-state index contributed by atoms with van der Waals surface area (Å²) in [6.07, 6.45) is 3.44. The molecule has 1 aromatic rings. The standard InChI is InChI=1S/C14H21NOS/c16-12-14(7-4-9-15-11-14)8-10-17-13-5-2-1-3-6-13/h1-3,5-6,15-16H,4,7-12H2. The molecule has 1 fully saturated rings. The van der Waals surface area contributed by atoms with E-state index >= 15 is 0 Å². The van der Waals surface area contributed by atoms with Gasteiger partial charge in [0.1, 0.15) is 0 Å². The molecule has 94 valence electrons. The number of rotatable bonds is 5. The number of hydrogen-bond donors (Lipinski definition) is 2. The van der Waals surface area contributed by atoms with Gasteiger partial charge in [-0.1, -0.05) is 18.2 Å². The van der Waals surface area contributed by atoms with Crippen LogP contribution in [0.5, 0.6) is 0 Å². The van der Waals surface area contributed by atoms with Gasteiger partial charge in [-0.15, -0.1) is 11.8 Å². The first-order chi connectivity index (χ1) is 8.35. The number of thioether (sulfide) groups is 1. The molecule has 2 N–H and O–H groups in total. The van der Waals surface area contributed by atoms with Gasteiger partial charge in [0.25, 0.3) is 0 Å². The smallest absolute Gasteiger partial charge is 0.0499 e. The van der Waals surface area contributed by atoms with Crippen molar-refractivity contribution in [2.75, 3.05) is 25.4 Å². The summed E-state index contributed by atoms with van der Waals surface area (Å²) >= 11 is 1.89. The van der Waals surface area contributed by atoms with E-state index in [1.807, 2.05) is 17.8 Å². The zero-order valence-corrected chi connectivity index (χ0v) is 11.0. The minimum atomic E-state index is 0.125. The van der Waals surface area contributed by atoms with Gasteiger partial charge in [0.05, 0.1) is 0 Å². The third-order valence-corrected chi connectivity index (χ3v) is 4.55. The van der Waals surface area contributed by atoms with Gasteiger partial charge in [0, 0.05) is 23.5 Å². The summed E-state index contributed by atoms with van der Waals surface area (Å²) in [5, 5.41) is 13.0. The number of hydrogen-bond acceptors (Lipinski definition) is 3. The molecule has 0 saturated carbocycles. The lowest BCUT2D eigenvalue weighted by Crippen LogP contribution is -2.42. The Bertz CT molecular complexity index is 322. The number of nitrogens with one attached hydrogen (secondary N) is 1. The van der Waals surface area contributed by atoms with Crippen molar-refractivity contribution in [3.05, 3.63) is 30.3 Å². The second-order valence-corrected chi connectivity index (χ2v) is 6.02. The van der Waals surface area contributed by atoms with Gasteiger partial charge >= 0.3 is 0 Å². The number of aliphatic hydroxyl groups is 1. The summed E-state index contributed by atoms with van der Waals surface area (Å²) in [6, 6.07) is 10.5. The highest BCUT2D eigenvalue weighted by Gasteiger charge is 2.30. The first-order valence-corrected chi connectivity index (χ1v) is 7.33. The van der Waals surface area contributed by atoms with Gasteiger partial charge < -0.3 is 10.4 Å². The van der Waals surface area contributed by atoms with Gasteiger partial charge in [-0.05, 0) is 43.7 Å². The van der Waals surface area contributed by atoms with Crippen LogP contribution in [0.1, 0.15) is 19.3 Å². The molecule has 0 bridgehead atoms. The van der Waals surface area contributed by atoms with Crippen molar-refractivity contribution in [3.8, 4) is 0 Å². The Kier molecular flexibility index (Phi) is 4.89. The van der Waals surface area contributed by atoms with Crippen LogP contribution < -0.4 is 5.32 Å². The Balaban J connectivity index is 1.80. The average molecular weight is 251 g/mol. The van der Waals surface area contributed by atoms with Crippen molar-refractivity contribution in [1.29, 1.82) is 0 Å². The summed E-state index contributed by atoms with van der Waals surface area (Å²) in [6.45, 7) is 2.39. The minimum Gasteiger partial charge on any atom is -0.396 e. The normalized spacial score (nSPS) is 24.8. The summed E-state index contributed by atoms with van der Waals surface area (Å²) in [5.74, 6) is 1.09. The number of piperidine rings is 1. The lowest BCUT2D eigenvalue weighted by Gasteiger charge is -2.36. The first kappa shape index (κ1) is 12.9. The largest absolute Gasteiger partial charge is 0.396 e. The maximum atomic E-state index is 9.59. The zero-order valence-electron chi connectivity index (χ0n) is 10.2. The van der Waals surface area contributed by atoms with Gasteiger partial charge in [-0.2, -0.15) is 0 Å². The van der Waals surface area contributed by atoms with E-state index in [1.165, 1.54) is 11.3 Å². The topological polar surface area (TPSA) is 32.3 Å². The maximum absolute atomic E-state index is 9.59. The number of aliphatic hydroxyl groups excluding tert-OH is 1. The van der Waals surface area contributed by atoms with Crippen molar-refractivity contribution < 1.29 is 5.11 Å². The molecule has 1 aliphatic heterocycles. The Labute approximate surface area is 108 Å². The lowest BCUT2D eigenvalue weighted by atomic mass is 9.79. The van der Waals surface area contributed by atoms with E-state index in [-0.39, 0.29) is 5.41 Å². The average Bonchev–Trinajstić information content (AvgIpc) is 2.41. The highest BCUT2D eigenvalue weighted by Crippen LogP contribution is 2.32. The third-order valence-electron chi connectivity index (χ3n) is 3.54. The van der Waals surface area contributed by atoms with Crippen molar-refractivity contribution in [3.63, 3.8) is 0 Å². The van der Waals surface area contributed by atoms with E-state index in [0.29, 0.717) is 6.61 Å². The SMILES string of the molecule is OCC1(CCSc2ccccc2)CCCNC1. The molecule has 3 heteroatoms. The molecule has 2 rings (SSSR count). The molecule has 1 saturated heterocycles. The Morgan fingerprint density at radius 1 is 1.29 bits per heavy atom. The van der Waals surface area contributed by atoms with Crippen LogP contribution >= 0.6 is 11.8 Å². The Morgan fingerprint density at radius 3 is 2.76 bits per heavy atom. The van der Waals surface area contributed by atoms with Gasteiger partial charge in [-0.3, -0.25) is 0 Å². The second kappa shape index (κ2) is 6.43. The second-order valence-electron chi connectivity index (χ2n) is 4.85. The molecule has 1 atom stereocenters. The van der Waals surface area contributed by atoms with Crippen LogP contribution in [-0.2, 0) is 0 Å². The van der Waals surface area contributed by atoms with Crippen LogP contribution in [0.25, 0.3) is 0 Å². The van der Waals surface area contributed by atoms with E-state index in [1.54, 1.807) is 0 Å². The lowest BCUT2D eigenvalue weighted by molar-refractivity contribution is 0.0920. The molecule has 0 spiro atoms. The fourth-order valence-electron chi connectivity index (χ4n) is 2.36. The van der Waals surface area contributed by atoms with E-state index < -0.39 is 0 Å². The molecular weight excluding hydrogens is 230 g/mol. The number of benzene rings is 1. The minimum absolute atomic E-state index is 0.125. The van der Waals surface area contributed by atoms with Gasteiger partial charge in [-0.25, -0.2) is 0 Å². The van der Waals surface area contributed by atoms with Crippen LogP contribution in [0, 0.1) is 5.41 Å². The van der Waals surface area contributed by atoms with Crippen molar-refractivity contribution >= 4 is 11.8 Å². The van der Waals surface area contributed by atoms with Crippen LogP contribution in [0.4, 0.5) is 0 Å². The fraction of sp³-hybridized carbons (Fsp3) is 0.571. The summed E-state index contributed by atoms with van der Waals surface area (Å²) < 4.78 is 0. The zero-order chi connectivity index (χ0) is 12.0. The van der Waals surface area contributed by atoms with Crippen LogP contribution in [0.3, 0.4) is 0 Å². The summed E-state index contributed by atoms with van der Waals surface area (Å²) in [4.78, 5) is 1.32. The van der Waals surface area contributed by atoms with Gasteiger partial charge in [0.15, 0.2) is 0 Å². The predicted molar refractivity (Wildman–Crippen MR) is 73.4 cm³/mol. The maximum Gasteiger partial charge on any atom is 0.0499 e. The van der Waals surface area contributed by atoms with Crippen molar-refractivity contribution in [2.24, 2.45) is 5.41 Å². The molecule has 1 aliphatic rings. The molecule has 2 nitrogen and oxygen atoms in total. The molecule has 17 heavy (non-hydrogen) atoms. The highest BCUT2D eigenvalue weighted by atomic mass is 32.2. The van der Waals surface area contributed by atoms with Crippen molar-refractivity contribution in [2.45, 2.75) is 24.2 Å². The molecule has 0 radical (unpaired) electrons. The van der Waals surface area contributed by atoms with Gasteiger partial charge in [0.2, 0.25) is 0 Å². The highest BCUT2D eigenvalue weighted by molar-refractivity contribution is 7.99. The van der Waals surface area contributed by atoms with E-state index in [4.69, 9.17) is 0 Å². The first-order valence-electron chi connectivity index (χ1n) is 6.34. The van der Waals surface area contributed by atoms with E-state index in [0.717, 1.165) is 31.7 Å². The van der Waals surface area contributed by atoms with E-state index in [2.05, 4.69) is 29.6 Å². The molecule has 1 heterocycles. The molecule has 1 unspecified atom stereocenters. The van der Waals surface area contributed by atoms with E-state index in [9.17, 15) is 5.11 Å². The predicted octanol–water partition coefficient (Wildman–Crippen LogP) is 2.53.